The smallest absolute Gasteiger partial charge is 0.119 e. The van der Waals surface area contributed by atoms with Crippen LogP contribution >= 0.6 is 11.6 Å². The highest BCUT2D eigenvalue weighted by atomic mass is 35.5. The van der Waals surface area contributed by atoms with Crippen LogP contribution in [0.15, 0.2) is 53.7 Å². The lowest BCUT2D eigenvalue weighted by Gasteiger charge is -2.15. The summed E-state index contributed by atoms with van der Waals surface area (Å²) in [6.07, 6.45) is -0.0483. The van der Waals surface area contributed by atoms with Gasteiger partial charge in [0.25, 0.3) is 0 Å². The molecule has 6 heteroatoms. The number of benzene rings is 2. The third-order valence-corrected chi connectivity index (χ3v) is 4.30. The predicted molar refractivity (Wildman–Crippen MR) is 115 cm³/mol. The number of rotatable bonds is 11. The SMILES string of the molecule is CC.CC(c1ccc(OCCCCl)cc1)c1ccc(OCC(O)CN=O)cc1. The van der Waals surface area contributed by atoms with Crippen molar-refractivity contribution in [1.82, 2.24) is 0 Å². The van der Waals surface area contributed by atoms with E-state index in [0.717, 1.165) is 17.7 Å². The van der Waals surface area contributed by atoms with Crippen LogP contribution in [0.1, 0.15) is 44.2 Å². The van der Waals surface area contributed by atoms with Gasteiger partial charge in [-0.25, -0.2) is 0 Å². The lowest BCUT2D eigenvalue weighted by Crippen LogP contribution is -2.20. The molecular formula is C22H30ClNO4. The number of ether oxygens (including phenoxy) is 2. The summed E-state index contributed by atoms with van der Waals surface area (Å²) >= 11 is 5.64. The number of hydrogen-bond donors (Lipinski definition) is 1. The molecule has 0 amide bonds. The maximum Gasteiger partial charge on any atom is 0.119 e. The van der Waals surface area contributed by atoms with Crippen LogP contribution in [0, 0.1) is 4.91 Å². The molecule has 0 heterocycles. The van der Waals surface area contributed by atoms with E-state index < -0.39 is 6.10 Å². The topological polar surface area (TPSA) is 68.1 Å². The number of nitroso groups, excluding NO2 is 1. The summed E-state index contributed by atoms with van der Waals surface area (Å²) in [5.74, 6) is 2.32. The van der Waals surface area contributed by atoms with Gasteiger partial charge >= 0.3 is 0 Å². The molecule has 0 aliphatic heterocycles. The van der Waals surface area contributed by atoms with E-state index in [-0.39, 0.29) is 19.1 Å². The zero-order chi connectivity index (χ0) is 20.8. The fourth-order valence-corrected chi connectivity index (χ4v) is 2.58. The maximum absolute atomic E-state index is 10.1. The summed E-state index contributed by atoms with van der Waals surface area (Å²) in [6, 6.07) is 15.8. The van der Waals surface area contributed by atoms with Crippen molar-refractivity contribution in [3.8, 4) is 11.5 Å². The summed E-state index contributed by atoms with van der Waals surface area (Å²) in [5, 5.41) is 12.1. The molecule has 0 fully saturated rings. The van der Waals surface area contributed by atoms with Gasteiger partial charge in [0.2, 0.25) is 0 Å². The van der Waals surface area contributed by atoms with Crippen LogP contribution in [0.25, 0.3) is 0 Å². The number of halogens is 1. The van der Waals surface area contributed by atoms with Gasteiger partial charge < -0.3 is 14.6 Å². The molecule has 0 radical (unpaired) electrons. The Hall–Kier alpha value is -2.11. The van der Waals surface area contributed by atoms with E-state index in [2.05, 4.69) is 24.2 Å². The van der Waals surface area contributed by atoms with E-state index in [0.29, 0.717) is 18.2 Å². The van der Waals surface area contributed by atoms with Crippen LogP contribution in [-0.4, -0.2) is 36.8 Å². The minimum Gasteiger partial charge on any atom is -0.494 e. The molecule has 0 aliphatic carbocycles. The van der Waals surface area contributed by atoms with Gasteiger partial charge in [0.1, 0.15) is 30.8 Å². The molecule has 1 N–H and O–H groups in total. The van der Waals surface area contributed by atoms with E-state index >= 15 is 0 Å². The Morgan fingerprint density at radius 3 is 1.93 bits per heavy atom. The van der Waals surface area contributed by atoms with E-state index in [9.17, 15) is 10.0 Å². The van der Waals surface area contributed by atoms with Gasteiger partial charge in [0.05, 0.1) is 6.61 Å². The predicted octanol–water partition coefficient (Wildman–Crippen LogP) is 5.38. The standard InChI is InChI=1S/C20H24ClNO4.C2H6/c1-15(16-3-7-19(8-4-16)25-12-2-11-21)17-5-9-20(10-6-17)26-14-18(23)13-22-24;1-2/h3-10,15,18,23H,2,11-14H2,1H3;1-2H3. The van der Waals surface area contributed by atoms with Crippen molar-refractivity contribution in [3.05, 3.63) is 64.6 Å². The molecule has 0 spiro atoms. The molecule has 154 valence electrons. The van der Waals surface area contributed by atoms with Gasteiger partial charge in [-0.2, -0.15) is 4.91 Å². The van der Waals surface area contributed by atoms with Crippen LogP contribution in [0.2, 0.25) is 0 Å². The molecule has 2 aromatic carbocycles. The van der Waals surface area contributed by atoms with Crippen molar-refractivity contribution in [2.45, 2.75) is 39.2 Å². The number of alkyl halides is 1. The monoisotopic (exact) mass is 407 g/mol. The number of aliphatic hydroxyl groups excluding tert-OH is 1. The number of nitrogens with zero attached hydrogens (tertiary/aromatic N) is 1. The van der Waals surface area contributed by atoms with E-state index in [1.54, 1.807) is 0 Å². The molecule has 0 aliphatic rings. The summed E-state index contributed by atoms with van der Waals surface area (Å²) < 4.78 is 11.1. The molecule has 0 bridgehead atoms. The molecular weight excluding hydrogens is 378 g/mol. The normalized spacial score (nSPS) is 12.3. The fraction of sp³-hybridized carbons (Fsp3) is 0.455. The van der Waals surface area contributed by atoms with Crippen LogP contribution in [0.5, 0.6) is 11.5 Å². The first kappa shape index (κ1) is 23.9. The summed E-state index contributed by atoms with van der Waals surface area (Å²) in [7, 11) is 0. The van der Waals surface area contributed by atoms with Crippen molar-refractivity contribution in [2.75, 3.05) is 25.6 Å². The Kier molecular flexibility index (Phi) is 11.9. The highest BCUT2D eigenvalue weighted by molar-refractivity contribution is 6.17. The average molecular weight is 408 g/mol. The summed E-state index contributed by atoms with van der Waals surface area (Å²) in [4.78, 5) is 10.1. The largest absolute Gasteiger partial charge is 0.494 e. The average Bonchev–Trinajstić information content (AvgIpc) is 2.74. The number of aliphatic hydroxyl groups is 1. The molecule has 5 nitrogen and oxygen atoms in total. The first-order valence-electron chi connectivity index (χ1n) is 9.62. The van der Waals surface area contributed by atoms with Gasteiger partial charge in [-0.3, -0.25) is 0 Å². The van der Waals surface area contributed by atoms with Crippen LogP contribution < -0.4 is 9.47 Å². The molecule has 0 aromatic heterocycles. The van der Waals surface area contributed by atoms with Crippen molar-refractivity contribution in [1.29, 1.82) is 0 Å². The van der Waals surface area contributed by atoms with Crippen LogP contribution in [-0.2, 0) is 0 Å². The number of hydrogen-bond acceptors (Lipinski definition) is 5. The minimum atomic E-state index is -0.878. The van der Waals surface area contributed by atoms with E-state index in [1.807, 2.05) is 50.2 Å². The molecule has 2 unspecified atom stereocenters. The Morgan fingerprint density at radius 2 is 1.46 bits per heavy atom. The molecule has 0 saturated carbocycles. The van der Waals surface area contributed by atoms with Crippen molar-refractivity contribution >= 4 is 11.6 Å². The van der Waals surface area contributed by atoms with Gasteiger partial charge in [0, 0.05) is 11.8 Å². The second-order valence-corrected chi connectivity index (χ2v) is 6.41. The van der Waals surface area contributed by atoms with Crippen molar-refractivity contribution < 1.29 is 14.6 Å². The molecule has 2 aromatic rings. The third kappa shape index (κ3) is 8.28. The van der Waals surface area contributed by atoms with Crippen LogP contribution in [0.3, 0.4) is 0 Å². The zero-order valence-electron chi connectivity index (χ0n) is 16.8. The van der Waals surface area contributed by atoms with Gasteiger partial charge in [-0.1, -0.05) is 50.2 Å². The lowest BCUT2D eigenvalue weighted by atomic mass is 9.93. The van der Waals surface area contributed by atoms with Crippen molar-refractivity contribution in [3.63, 3.8) is 0 Å². The molecule has 28 heavy (non-hydrogen) atoms. The molecule has 0 saturated heterocycles. The Bertz CT molecular complexity index is 661. The Labute approximate surface area is 172 Å². The minimum absolute atomic E-state index is 0.0474. The molecule has 2 atom stereocenters. The third-order valence-electron chi connectivity index (χ3n) is 4.03. The first-order chi connectivity index (χ1) is 13.6. The zero-order valence-corrected chi connectivity index (χ0v) is 17.6. The van der Waals surface area contributed by atoms with Gasteiger partial charge in [-0.05, 0) is 41.8 Å². The maximum atomic E-state index is 10.1. The second kappa shape index (κ2) is 14.0. The van der Waals surface area contributed by atoms with Crippen LogP contribution in [0.4, 0.5) is 0 Å². The van der Waals surface area contributed by atoms with E-state index in [1.165, 1.54) is 5.56 Å². The summed E-state index contributed by atoms with van der Waals surface area (Å²) in [6.45, 7) is 6.64. The van der Waals surface area contributed by atoms with Crippen molar-refractivity contribution in [2.24, 2.45) is 5.18 Å². The Balaban J connectivity index is 0.00000190. The summed E-state index contributed by atoms with van der Waals surface area (Å²) in [5.41, 5.74) is 2.35. The second-order valence-electron chi connectivity index (χ2n) is 6.03. The lowest BCUT2D eigenvalue weighted by molar-refractivity contribution is 0.114. The highest BCUT2D eigenvalue weighted by Gasteiger charge is 2.10. The quantitative estimate of drug-likeness (QED) is 0.308. The Morgan fingerprint density at radius 1 is 0.964 bits per heavy atom. The highest BCUT2D eigenvalue weighted by Crippen LogP contribution is 2.27. The van der Waals surface area contributed by atoms with E-state index in [4.69, 9.17) is 21.1 Å². The first-order valence-corrected chi connectivity index (χ1v) is 10.2. The van der Waals surface area contributed by atoms with Gasteiger partial charge in [-0.15, -0.1) is 11.6 Å². The van der Waals surface area contributed by atoms with Gasteiger partial charge in [0.15, 0.2) is 0 Å². The fourth-order valence-electron chi connectivity index (χ4n) is 2.47. The molecule has 2 rings (SSSR count).